The fourth-order valence-corrected chi connectivity index (χ4v) is 5.52. The van der Waals surface area contributed by atoms with Gasteiger partial charge in [-0.2, -0.15) is 0 Å². The van der Waals surface area contributed by atoms with Crippen LogP contribution in [0, 0.1) is 11.3 Å². The molecule has 0 bridgehead atoms. The fraction of sp³-hybridized carbons (Fsp3) is 0.476. The van der Waals surface area contributed by atoms with Gasteiger partial charge in [-0.3, -0.25) is 4.79 Å². The smallest absolute Gasteiger partial charge is 0.139 e. The van der Waals surface area contributed by atoms with Crippen molar-refractivity contribution in [2.75, 3.05) is 0 Å². The van der Waals surface area contributed by atoms with Gasteiger partial charge in [-0.1, -0.05) is 44.7 Å². The van der Waals surface area contributed by atoms with Gasteiger partial charge in [-0.05, 0) is 47.6 Å². The van der Waals surface area contributed by atoms with Crippen LogP contribution in [0.1, 0.15) is 51.2 Å². The molecule has 2 unspecified atom stereocenters. The van der Waals surface area contributed by atoms with E-state index in [9.17, 15) is 4.79 Å². The highest BCUT2D eigenvalue weighted by Gasteiger charge is 2.43. The van der Waals surface area contributed by atoms with Crippen LogP contribution >= 0.6 is 11.8 Å². The zero-order valence-corrected chi connectivity index (χ0v) is 16.2. The molecule has 1 aliphatic heterocycles. The number of hydrogen-bond acceptors (Lipinski definition) is 4. The average molecular weight is 357 g/mol. The van der Waals surface area contributed by atoms with E-state index < -0.39 is 0 Å². The molecule has 0 aromatic heterocycles. The lowest BCUT2D eigenvalue weighted by atomic mass is 9.73. The highest BCUT2D eigenvalue weighted by molar-refractivity contribution is 8.04. The molecule has 0 fully saturated rings. The maximum Gasteiger partial charge on any atom is 0.139 e. The average Bonchev–Trinajstić information content (AvgIpc) is 2.90. The molecule has 4 heteroatoms. The molecule has 0 amide bonds. The van der Waals surface area contributed by atoms with Gasteiger partial charge in [0, 0.05) is 17.8 Å². The minimum atomic E-state index is -0.0543. The maximum absolute atomic E-state index is 12.4. The number of carbonyl (C=O) groups is 1. The van der Waals surface area contributed by atoms with Crippen molar-refractivity contribution in [3.05, 3.63) is 52.4 Å². The minimum absolute atomic E-state index is 0.0368. The van der Waals surface area contributed by atoms with Crippen molar-refractivity contribution >= 4 is 23.2 Å². The summed E-state index contributed by atoms with van der Waals surface area (Å²) >= 11 is 1.82. The van der Waals surface area contributed by atoms with Gasteiger partial charge in [0.05, 0.1) is 11.3 Å². The molecule has 1 heterocycles. The number of carbonyl (C=O) groups excluding carboxylic acids is 1. The molecule has 1 aromatic carbocycles. The summed E-state index contributed by atoms with van der Waals surface area (Å²) in [5.74, 6) is 0.189. The first kappa shape index (κ1) is 18.3. The summed E-state index contributed by atoms with van der Waals surface area (Å²) < 4.78 is 0. The standard InChI is InChI=1S/C21H28N2OS/c1-13(16-8-6-5-7-15(16)12-22)23-20-19(14(2)24)17-11-21(3,4)10-9-18(17)25-20/h5-8,19-20,23H,1,9-12,22H2,2-4H3. The van der Waals surface area contributed by atoms with Gasteiger partial charge < -0.3 is 11.1 Å². The van der Waals surface area contributed by atoms with Crippen LogP contribution in [0.15, 0.2) is 41.3 Å². The Hall–Kier alpha value is -1.52. The molecule has 3 rings (SSSR count). The highest BCUT2D eigenvalue weighted by Crippen LogP contribution is 2.53. The molecule has 25 heavy (non-hydrogen) atoms. The number of hydrogen-bond donors (Lipinski definition) is 2. The molecule has 1 aromatic rings. The van der Waals surface area contributed by atoms with Crippen LogP contribution in [-0.4, -0.2) is 11.2 Å². The van der Waals surface area contributed by atoms with Gasteiger partial charge in [0.25, 0.3) is 0 Å². The monoisotopic (exact) mass is 356 g/mol. The van der Waals surface area contributed by atoms with E-state index in [2.05, 4.69) is 25.7 Å². The second kappa shape index (κ2) is 7.00. The Morgan fingerprint density at radius 3 is 2.80 bits per heavy atom. The Morgan fingerprint density at radius 1 is 1.40 bits per heavy atom. The van der Waals surface area contributed by atoms with Gasteiger partial charge in [0.1, 0.15) is 5.78 Å². The topological polar surface area (TPSA) is 55.1 Å². The highest BCUT2D eigenvalue weighted by atomic mass is 32.2. The van der Waals surface area contributed by atoms with Crippen molar-refractivity contribution in [2.24, 2.45) is 17.1 Å². The predicted octanol–water partition coefficient (Wildman–Crippen LogP) is 4.45. The Morgan fingerprint density at radius 2 is 2.12 bits per heavy atom. The zero-order chi connectivity index (χ0) is 18.2. The van der Waals surface area contributed by atoms with E-state index in [1.807, 2.05) is 36.0 Å². The first-order valence-corrected chi connectivity index (χ1v) is 9.83. The van der Waals surface area contributed by atoms with Crippen molar-refractivity contribution in [3.63, 3.8) is 0 Å². The van der Waals surface area contributed by atoms with Crippen LogP contribution in [0.4, 0.5) is 0 Å². The molecule has 2 aliphatic rings. The summed E-state index contributed by atoms with van der Waals surface area (Å²) in [6, 6.07) is 8.05. The van der Waals surface area contributed by atoms with E-state index in [0.29, 0.717) is 6.54 Å². The number of nitrogens with one attached hydrogen (secondary N) is 1. The molecule has 1 aliphatic carbocycles. The molecule has 0 spiro atoms. The van der Waals surface area contributed by atoms with Gasteiger partial charge in [0.2, 0.25) is 0 Å². The second-order valence-corrected chi connectivity index (χ2v) is 9.14. The van der Waals surface area contributed by atoms with Crippen molar-refractivity contribution < 1.29 is 4.79 Å². The predicted molar refractivity (Wildman–Crippen MR) is 107 cm³/mol. The normalized spacial score (nSPS) is 24.8. The van der Waals surface area contributed by atoms with E-state index in [-0.39, 0.29) is 22.5 Å². The van der Waals surface area contributed by atoms with Crippen LogP contribution in [0.25, 0.3) is 5.70 Å². The van der Waals surface area contributed by atoms with Crippen molar-refractivity contribution in [1.29, 1.82) is 0 Å². The lowest BCUT2D eigenvalue weighted by molar-refractivity contribution is -0.119. The number of rotatable bonds is 5. The van der Waals surface area contributed by atoms with Gasteiger partial charge in [-0.25, -0.2) is 0 Å². The summed E-state index contributed by atoms with van der Waals surface area (Å²) in [4.78, 5) is 13.8. The van der Waals surface area contributed by atoms with E-state index >= 15 is 0 Å². The third-order valence-electron chi connectivity index (χ3n) is 5.32. The van der Waals surface area contributed by atoms with E-state index in [0.717, 1.165) is 29.7 Å². The number of nitrogens with two attached hydrogens (primary N) is 1. The van der Waals surface area contributed by atoms with Gasteiger partial charge in [-0.15, -0.1) is 11.8 Å². The fourth-order valence-electron chi connectivity index (χ4n) is 3.95. The molecule has 0 saturated carbocycles. The lowest BCUT2D eigenvalue weighted by Gasteiger charge is -2.32. The van der Waals surface area contributed by atoms with Crippen LogP contribution in [0.3, 0.4) is 0 Å². The number of thioether (sulfide) groups is 1. The molecule has 134 valence electrons. The second-order valence-electron chi connectivity index (χ2n) is 7.90. The Labute approximate surface area is 155 Å². The Bertz CT molecular complexity index is 735. The maximum atomic E-state index is 12.4. The quantitative estimate of drug-likeness (QED) is 0.818. The van der Waals surface area contributed by atoms with Gasteiger partial charge >= 0.3 is 0 Å². The third-order valence-corrected chi connectivity index (χ3v) is 6.72. The van der Waals surface area contributed by atoms with Crippen LogP contribution < -0.4 is 11.1 Å². The molecule has 3 nitrogen and oxygen atoms in total. The first-order valence-electron chi connectivity index (χ1n) is 8.95. The lowest BCUT2D eigenvalue weighted by Crippen LogP contribution is -2.35. The molecular formula is C21H28N2OS. The molecule has 0 saturated heterocycles. The van der Waals surface area contributed by atoms with E-state index in [1.54, 1.807) is 6.92 Å². The van der Waals surface area contributed by atoms with Crippen LogP contribution in [0.2, 0.25) is 0 Å². The molecule has 2 atom stereocenters. The summed E-state index contributed by atoms with van der Waals surface area (Å²) in [5.41, 5.74) is 10.5. The van der Waals surface area contributed by atoms with Crippen molar-refractivity contribution in [1.82, 2.24) is 5.32 Å². The van der Waals surface area contributed by atoms with Crippen LogP contribution in [-0.2, 0) is 11.3 Å². The Kier molecular flexibility index (Phi) is 5.12. The van der Waals surface area contributed by atoms with Crippen molar-refractivity contribution in [3.8, 4) is 0 Å². The molecule has 3 N–H and O–H groups in total. The summed E-state index contributed by atoms with van der Waals surface area (Å²) in [6.07, 6.45) is 3.29. The minimum Gasteiger partial charge on any atom is -0.372 e. The van der Waals surface area contributed by atoms with E-state index in [4.69, 9.17) is 5.73 Å². The summed E-state index contributed by atoms with van der Waals surface area (Å²) in [6.45, 7) is 11.0. The first-order chi connectivity index (χ1) is 11.8. The largest absolute Gasteiger partial charge is 0.372 e. The zero-order valence-electron chi connectivity index (χ0n) is 15.4. The molecular weight excluding hydrogens is 328 g/mol. The van der Waals surface area contributed by atoms with Crippen molar-refractivity contribution in [2.45, 2.75) is 52.0 Å². The summed E-state index contributed by atoms with van der Waals surface area (Å²) in [5, 5.41) is 3.57. The van der Waals surface area contributed by atoms with Crippen LogP contribution in [0.5, 0.6) is 0 Å². The van der Waals surface area contributed by atoms with E-state index in [1.165, 1.54) is 16.9 Å². The number of benzene rings is 1. The Balaban J connectivity index is 1.82. The third kappa shape index (κ3) is 3.70. The number of Topliss-reactive ketones (excluding diaryl/α,β-unsaturated/α-hetero) is 1. The molecule has 0 radical (unpaired) electrons. The number of allylic oxidation sites excluding steroid dienone is 1. The summed E-state index contributed by atoms with van der Waals surface area (Å²) in [7, 11) is 0. The van der Waals surface area contributed by atoms with Gasteiger partial charge in [0.15, 0.2) is 0 Å². The SMILES string of the molecule is C=C(NC1SC2=C(CC(C)(C)CC2)C1C(C)=O)c1ccccc1CN. The number of ketones is 1.